The summed E-state index contributed by atoms with van der Waals surface area (Å²) in [4.78, 5) is 11.9. The van der Waals surface area contributed by atoms with Crippen LogP contribution in [0.5, 0.6) is 0 Å². The molecule has 38 heavy (non-hydrogen) atoms. The van der Waals surface area contributed by atoms with Crippen molar-refractivity contribution < 1.29 is 28.9 Å². The van der Waals surface area contributed by atoms with Crippen molar-refractivity contribution in [2.75, 3.05) is 6.61 Å². The lowest BCUT2D eigenvalue weighted by molar-refractivity contribution is -0.196. The van der Waals surface area contributed by atoms with Gasteiger partial charge in [0.15, 0.2) is 14.6 Å². The molecule has 1 aliphatic carbocycles. The third-order valence-corrected chi connectivity index (χ3v) is 13.9. The van der Waals surface area contributed by atoms with Gasteiger partial charge in [-0.25, -0.2) is 4.79 Å². The molecule has 1 saturated heterocycles. The van der Waals surface area contributed by atoms with Crippen molar-refractivity contribution in [2.45, 2.75) is 173 Å². The van der Waals surface area contributed by atoms with E-state index < -0.39 is 20.4 Å². The lowest BCUT2D eigenvalue weighted by Gasteiger charge is -2.38. The van der Waals surface area contributed by atoms with Crippen molar-refractivity contribution in [2.24, 2.45) is 11.8 Å². The Balaban J connectivity index is 1.86. The molecule has 2 rings (SSSR count). The molecule has 0 aromatic heterocycles. The number of carboxylic acids is 1. The molecule has 2 N–H and O–H groups in total. The van der Waals surface area contributed by atoms with E-state index in [9.17, 15) is 15.0 Å². The minimum absolute atomic E-state index is 0.00833. The van der Waals surface area contributed by atoms with Crippen LogP contribution < -0.4 is 0 Å². The highest BCUT2D eigenvalue weighted by atomic mass is 28.4. The lowest BCUT2D eigenvalue weighted by Crippen LogP contribution is -2.46. The Morgan fingerprint density at radius 3 is 2.21 bits per heavy atom. The van der Waals surface area contributed by atoms with Crippen LogP contribution in [0, 0.1) is 11.8 Å². The average Bonchev–Trinajstić information content (AvgIpc) is 3.13. The van der Waals surface area contributed by atoms with E-state index in [1.54, 1.807) is 0 Å². The Hall–Kier alpha value is -0.473. The van der Waals surface area contributed by atoms with E-state index in [4.69, 9.17) is 13.9 Å². The zero-order valence-corrected chi connectivity index (χ0v) is 26.5. The van der Waals surface area contributed by atoms with Gasteiger partial charge in [-0.2, -0.15) is 0 Å². The fraction of sp³-hybridized carbons (Fsp3) is 0.968. The van der Waals surface area contributed by atoms with Crippen LogP contribution in [0.15, 0.2) is 0 Å². The summed E-state index contributed by atoms with van der Waals surface area (Å²) in [6, 6.07) is 0. The maximum atomic E-state index is 11.9. The van der Waals surface area contributed by atoms with Crippen LogP contribution in [0.25, 0.3) is 0 Å². The number of aliphatic hydroxyl groups is 1. The first-order valence-corrected chi connectivity index (χ1v) is 18.7. The van der Waals surface area contributed by atoms with E-state index in [1.165, 1.54) is 38.5 Å². The Morgan fingerprint density at radius 2 is 1.61 bits per heavy atom. The maximum Gasteiger partial charge on any atom is 0.331 e. The van der Waals surface area contributed by atoms with E-state index in [2.05, 4.69) is 40.8 Å². The minimum atomic E-state index is -2.13. The van der Waals surface area contributed by atoms with Crippen LogP contribution in [0.4, 0.5) is 0 Å². The molecule has 0 aromatic rings. The van der Waals surface area contributed by atoms with E-state index in [1.807, 2.05) is 0 Å². The molecule has 3 unspecified atom stereocenters. The van der Waals surface area contributed by atoms with Crippen molar-refractivity contribution in [3.63, 3.8) is 0 Å². The number of hydrogen-bond donors (Lipinski definition) is 2. The standard InChI is InChI=1S/C31H60O6Si/c1-7-8-9-10-11-13-19-25-24(26(32)23-28(25)36-29-21-16-17-22-35-29)18-14-12-15-20-27(30(33)34)37-38(5,6)31(2,3)4/h24-29,32H,7-23H2,1-6H3,(H,33,34)/t24-,25-,26+,27?,28?,29?/m1/s1. The van der Waals surface area contributed by atoms with Gasteiger partial charge in [-0.05, 0) is 68.5 Å². The fourth-order valence-corrected chi connectivity index (χ4v) is 7.22. The summed E-state index contributed by atoms with van der Waals surface area (Å²) in [5, 5.41) is 20.8. The molecule has 2 fully saturated rings. The zero-order chi connectivity index (χ0) is 28.2. The first-order valence-electron chi connectivity index (χ1n) is 15.8. The van der Waals surface area contributed by atoms with Gasteiger partial charge in [0.05, 0.1) is 12.2 Å². The van der Waals surface area contributed by atoms with Gasteiger partial charge in [0.1, 0.15) is 6.10 Å². The Labute approximate surface area is 234 Å². The quantitative estimate of drug-likeness (QED) is 0.131. The van der Waals surface area contributed by atoms with Crippen molar-refractivity contribution in [1.82, 2.24) is 0 Å². The van der Waals surface area contributed by atoms with Crippen molar-refractivity contribution in [3.05, 3.63) is 0 Å². The number of carbonyl (C=O) groups is 1. The second-order valence-electron chi connectivity index (χ2n) is 13.5. The highest BCUT2D eigenvalue weighted by Gasteiger charge is 2.43. The number of unbranched alkanes of at least 4 members (excludes halogenated alkanes) is 7. The normalized spacial score (nSPS) is 27.5. The maximum absolute atomic E-state index is 11.9. The topological polar surface area (TPSA) is 85.2 Å². The smallest absolute Gasteiger partial charge is 0.331 e. The summed E-state index contributed by atoms with van der Waals surface area (Å²) >= 11 is 0. The third kappa shape index (κ3) is 11.2. The van der Waals surface area contributed by atoms with Gasteiger partial charge in [-0.3, -0.25) is 0 Å². The highest BCUT2D eigenvalue weighted by Crippen LogP contribution is 2.42. The summed E-state index contributed by atoms with van der Waals surface area (Å²) in [6.45, 7) is 13.7. The van der Waals surface area contributed by atoms with Crippen LogP contribution in [0.3, 0.4) is 0 Å². The van der Waals surface area contributed by atoms with Crippen LogP contribution in [0.2, 0.25) is 18.1 Å². The third-order valence-electron chi connectivity index (χ3n) is 9.37. The second-order valence-corrected chi connectivity index (χ2v) is 18.3. The van der Waals surface area contributed by atoms with Gasteiger partial charge in [0, 0.05) is 13.0 Å². The SMILES string of the molecule is CCCCCCCC[C@H]1C(OC2CCCCO2)C[C@H](O)[C@@H]1CCCCCC(O[Si](C)(C)C(C)(C)C)C(=O)O. The summed E-state index contributed by atoms with van der Waals surface area (Å²) in [6.07, 6.45) is 16.0. The monoisotopic (exact) mass is 556 g/mol. The molecule has 0 spiro atoms. The average molecular weight is 557 g/mol. The number of carboxylic acid groups (broad SMARTS) is 1. The number of hydrogen-bond acceptors (Lipinski definition) is 5. The molecular weight excluding hydrogens is 496 g/mol. The highest BCUT2D eigenvalue weighted by molar-refractivity contribution is 6.74. The minimum Gasteiger partial charge on any atom is -0.479 e. The van der Waals surface area contributed by atoms with Crippen molar-refractivity contribution in [1.29, 1.82) is 0 Å². The number of ether oxygens (including phenoxy) is 2. The molecule has 6 nitrogen and oxygen atoms in total. The lowest BCUT2D eigenvalue weighted by atomic mass is 9.84. The van der Waals surface area contributed by atoms with Crippen molar-refractivity contribution >= 4 is 14.3 Å². The van der Waals surface area contributed by atoms with E-state index >= 15 is 0 Å². The van der Waals surface area contributed by atoms with Gasteiger partial charge in [-0.1, -0.05) is 85.5 Å². The zero-order valence-electron chi connectivity index (χ0n) is 25.5. The predicted molar refractivity (Wildman–Crippen MR) is 157 cm³/mol. The molecule has 1 aliphatic heterocycles. The van der Waals surface area contributed by atoms with Gasteiger partial charge in [-0.15, -0.1) is 0 Å². The molecule has 0 bridgehead atoms. The summed E-state index contributed by atoms with van der Waals surface area (Å²) in [7, 11) is -2.13. The number of aliphatic hydroxyl groups excluding tert-OH is 1. The molecule has 224 valence electrons. The molecule has 1 heterocycles. The summed E-state index contributed by atoms with van der Waals surface area (Å²) < 4.78 is 18.6. The molecule has 7 heteroatoms. The fourth-order valence-electron chi connectivity index (χ4n) is 5.94. The Morgan fingerprint density at radius 1 is 0.974 bits per heavy atom. The number of aliphatic carboxylic acids is 1. The Kier molecular flexibility index (Phi) is 14.8. The van der Waals surface area contributed by atoms with E-state index in [-0.39, 0.29) is 29.5 Å². The Bertz CT molecular complexity index is 657. The van der Waals surface area contributed by atoms with Gasteiger partial charge >= 0.3 is 5.97 Å². The first kappa shape index (κ1) is 33.7. The van der Waals surface area contributed by atoms with Gasteiger partial charge < -0.3 is 24.1 Å². The first-order chi connectivity index (χ1) is 18.0. The van der Waals surface area contributed by atoms with Crippen LogP contribution >= 0.6 is 0 Å². The molecule has 1 saturated carbocycles. The summed E-state index contributed by atoms with van der Waals surface area (Å²) in [5.74, 6) is -0.196. The van der Waals surface area contributed by atoms with Crippen LogP contribution in [-0.4, -0.2) is 55.7 Å². The molecular formula is C31H60O6Si. The summed E-state index contributed by atoms with van der Waals surface area (Å²) in [5.41, 5.74) is 0. The van der Waals surface area contributed by atoms with Crippen LogP contribution in [-0.2, 0) is 18.7 Å². The largest absolute Gasteiger partial charge is 0.479 e. The molecule has 6 atom stereocenters. The molecule has 2 aliphatic rings. The van der Waals surface area contributed by atoms with Crippen molar-refractivity contribution in [3.8, 4) is 0 Å². The molecule has 0 aromatic carbocycles. The molecule has 0 radical (unpaired) electrons. The van der Waals surface area contributed by atoms with Gasteiger partial charge in [0.2, 0.25) is 0 Å². The number of rotatable bonds is 18. The molecule has 0 amide bonds. The predicted octanol–water partition coefficient (Wildman–Crippen LogP) is 8.07. The van der Waals surface area contributed by atoms with E-state index in [0.29, 0.717) is 18.8 Å². The van der Waals surface area contributed by atoms with E-state index in [0.717, 1.165) is 58.0 Å². The second kappa shape index (κ2) is 16.7. The van der Waals surface area contributed by atoms with Crippen LogP contribution in [0.1, 0.15) is 130 Å². The van der Waals surface area contributed by atoms with Gasteiger partial charge in [0.25, 0.3) is 0 Å².